The highest BCUT2D eigenvalue weighted by Gasteiger charge is 1.98. The van der Waals surface area contributed by atoms with Gasteiger partial charge in [0.25, 0.3) is 0 Å². The molecule has 2 rings (SSSR count). The Balaban J connectivity index is 2.95. The molecule has 0 aliphatic rings. The van der Waals surface area contributed by atoms with Crippen molar-refractivity contribution in [1.29, 1.82) is 0 Å². The minimum atomic E-state index is -0.0335. The first-order chi connectivity index (χ1) is 6.16. The van der Waals surface area contributed by atoms with E-state index in [0.29, 0.717) is 0 Å². The van der Waals surface area contributed by atoms with Crippen LogP contribution in [0.4, 0.5) is 0 Å². The van der Waals surface area contributed by atoms with Crippen molar-refractivity contribution in [3.05, 3.63) is 45.7 Å². The fourth-order valence-electron chi connectivity index (χ4n) is 1.54. The lowest BCUT2D eigenvalue weighted by molar-refractivity contribution is 1.27. The van der Waals surface area contributed by atoms with E-state index < -0.39 is 0 Å². The number of H-pyrrole nitrogens is 1. The maximum Gasteiger partial charge on any atom is 0.248 e. The number of pyridine rings is 1. The molecule has 0 unspecified atom stereocenters. The summed E-state index contributed by atoms with van der Waals surface area (Å²) in [7, 11) is 0. The lowest BCUT2D eigenvalue weighted by atomic mass is 10.1. The van der Waals surface area contributed by atoms with Gasteiger partial charge in [-0.25, -0.2) is 0 Å². The second-order valence-electron chi connectivity index (χ2n) is 3.37. The maximum absolute atomic E-state index is 11.1. The Labute approximate surface area is 76.2 Å². The number of rotatable bonds is 0. The van der Waals surface area contributed by atoms with Crippen molar-refractivity contribution >= 4 is 10.9 Å². The third-order valence-electron chi connectivity index (χ3n) is 2.21. The van der Waals surface area contributed by atoms with Gasteiger partial charge in [-0.2, -0.15) is 0 Å². The van der Waals surface area contributed by atoms with E-state index >= 15 is 0 Å². The zero-order chi connectivity index (χ0) is 9.42. The molecule has 0 amide bonds. The first-order valence-corrected chi connectivity index (χ1v) is 4.27. The van der Waals surface area contributed by atoms with Gasteiger partial charge in [-0.15, -0.1) is 0 Å². The smallest absolute Gasteiger partial charge is 0.248 e. The number of fused-ring (bicyclic) bond motifs is 1. The Hall–Kier alpha value is -1.57. The summed E-state index contributed by atoms with van der Waals surface area (Å²) in [5.74, 6) is 0. The quantitative estimate of drug-likeness (QED) is 0.650. The van der Waals surface area contributed by atoms with Crippen LogP contribution >= 0.6 is 0 Å². The van der Waals surface area contributed by atoms with Crippen molar-refractivity contribution in [3.63, 3.8) is 0 Å². The van der Waals surface area contributed by atoms with Crippen LogP contribution in [0.1, 0.15) is 11.1 Å². The Kier molecular flexibility index (Phi) is 1.69. The third kappa shape index (κ3) is 1.35. The third-order valence-corrected chi connectivity index (χ3v) is 2.21. The fraction of sp³-hybridized carbons (Fsp3) is 0.182. The summed E-state index contributed by atoms with van der Waals surface area (Å²) in [4.78, 5) is 13.9. The molecule has 0 spiro atoms. The number of benzene rings is 1. The molecule has 0 atom stereocenters. The normalized spacial score (nSPS) is 10.6. The standard InChI is InChI=1S/C11H11NO/c1-7-3-4-10-9(5-7)8(2)6-11(13)12-10/h3-6H,1-2H3,(H,12,13). The van der Waals surface area contributed by atoms with Crippen LogP contribution in [0.5, 0.6) is 0 Å². The Morgan fingerprint density at radius 3 is 2.69 bits per heavy atom. The van der Waals surface area contributed by atoms with E-state index in [4.69, 9.17) is 0 Å². The zero-order valence-electron chi connectivity index (χ0n) is 7.72. The molecule has 2 nitrogen and oxygen atoms in total. The average molecular weight is 173 g/mol. The van der Waals surface area contributed by atoms with Gasteiger partial charge in [0.05, 0.1) is 0 Å². The highest BCUT2D eigenvalue weighted by Crippen LogP contribution is 2.15. The molecular formula is C11H11NO. The van der Waals surface area contributed by atoms with E-state index in [0.717, 1.165) is 16.5 Å². The van der Waals surface area contributed by atoms with Crippen LogP contribution in [0.15, 0.2) is 29.1 Å². The van der Waals surface area contributed by atoms with Crippen LogP contribution in [0, 0.1) is 13.8 Å². The lowest BCUT2D eigenvalue weighted by Gasteiger charge is -2.01. The number of aromatic nitrogens is 1. The molecule has 1 aromatic carbocycles. The summed E-state index contributed by atoms with van der Waals surface area (Å²) in [6.45, 7) is 4.00. The topological polar surface area (TPSA) is 32.9 Å². The van der Waals surface area contributed by atoms with Crippen LogP contribution in [-0.4, -0.2) is 4.98 Å². The molecule has 13 heavy (non-hydrogen) atoms. The number of hydrogen-bond donors (Lipinski definition) is 1. The Bertz CT molecular complexity index is 511. The van der Waals surface area contributed by atoms with Crippen molar-refractivity contribution in [3.8, 4) is 0 Å². The SMILES string of the molecule is Cc1ccc2[nH]c(=O)cc(C)c2c1. The van der Waals surface area contributed by atoms with Crippen molar-refractivity contribution in [2.45, 2.75) is 13.8 Å². The Morgan fingerprint density at radius 2 is 1.92 bits per heavy atom. The molecule has 2 heteroatoms. The minimum Gasteiger partial charge on any atom is -0.322 e. The molecule has 0 saturated carbocycles. The molecule has 0 saturated heterocycles. The van der Waals surface area contributed by atoms with Crippen molar-refractivity contribution in [1.82, 2.24) is 4.98 Å². The van der Waals surface area contributed by atoms with E-state index in [-0.39, 0.29) is 5.56 Å². The highest BCUT2D eigenvalue weighted by molar-refractivity contribution is 5.82. The first kappa shape index (κ1) is 8.05. The van der Waals surface area contributed by atoms with Gasteiger partial charge in [0.15, 0.2) is 0 Å². The molecule has 0 aliphatic heterocycles. The van der Waals surface area contributed by atoms with Crippen molar-refractivity contribution in [2.75, 3.05) is 0 Å². The lowest BCUT2D eigenvalue weighted by Crippen LogP contribution is -2.04. The van der Waals surface area contributed by atoms with Crippen LogP contribution in [-0.2, 0) is 0 Å². The van der Waals surface area contributed by atoms with Gasteiger partial charge in [-0.1, -0.05) is 11.6 Å². The minimum absolute atomic E-state index is 0.0335. The van der Waals surface area contributed by atoms with Gasteiger partial charge in [0.2, 0.25) is 5.56 Å². The van der Waals surface area contributed by atoms with Crippen LogP contribution in [0.25, 0.3) is 10.9 Å². The number of aromatic amines is 1. The molecule has 0 radical (unpaired) electrons. The van der Waals surface area contributed by atoms with Crippen LogP contribution in [0.2, 0.25) is 0 Å². The Morgan fingerprint density at radius 1 is 1.15 bits per heavy atom. The van der Waals surface area contributed by atoms with E-state index in [9.17, 15) is 4.79 Å². The van der Waals surface area contributed by atoms with Gasteiger partial charge in [0, 0.05) is 17.0 Å². The first-order valence-electron chi connectivity index (χ1n) is 4.27. The summed E-state index contributed by atoms with van der Waals surface area (Å²) in [6.07, 6.45) is 0. The summed E-state index contributed by atoms with van der Waals surface area (Å²) in [6, 6.07) is 7.65. The second kappa shape index (κ2) is 2.73. The largest absolute Gasteiger partial charge is 0.322 e. The number of nitrogens with one attached hydrogen (secondary N) is 1. The van der Waals surface area contributed by atoms with Gasteiger partial charge in [-0.3, -0.25) is 4.79 Å². The summed E-state index contributed by atoms with van der Waals surface area (Å²) in [5.41, 5.74) is 3.12. The molecular weight excluding hydrogens is 162 g/mol. The molecule has 0 fully saturated rings. The maximum atomic E-state index is 11.1. The highest BCUT2D eigenvalue weighted by atomic mass is 16.1. The fourth-order valence-corrected chi connectivity index (χ4v) is 1.54. The molecule has 0 aliphatic carbocycles. The second-order valence-corrected chi connectivity index (χ2v) is 3.37. The van der Waals surface area contributed by atoms with E-state index in [1.54, 1.807) is 6.07 Å². The van der Waals surface area contributed by atoms with Gasteiger partial charge in [-0.05, 0) is 31.5 Å². The number of hydrogen-bond acceptors (Lipinski definition) is 1. The van der Waals surface area contributed by atoms with Gasteiger partial charge in [0.1, 0.15) is 0 Å². The van der Waals surface area contributed by atoms with Crippen LogP contribution in [0.3, 0.4) is 0 Å². The summed E-state index contributed by atoms with van der Waals surface area (Å²) >= 11 is 0. The van der Waals surface area contributed by atoms with Crippen LogP contribution < -0.4 is 5.56 Å². The van der Waals surface area contributed by atoms with Crippen molar-refractivity contribution < 1.29 is 0 Å². The zero-order valence-corrected chi connectivity index (χ0v) is 7.72. The number of aryl methyl sites for hydroxylation is 2. The van der Waals surface area contributed by atoms with E-state index in [1.165, 1.54) is 5.56 Å². The summed E-state index contributed by atoms with van der Waals surface area (Å²) in [5, 5.41) is 1.12. The van der Waals surface area contributed by atoms with Gasteiger partial charge < -0.3 is 4.98 Å². The van der Waals surface area contributed by atoms with Crippen molar-refractivity contribution in [2.24, 2.45) is 0 Å². The van der Waals surface area contributed by atoms with E-state index in [2.05, 4.69) is 11.1 Å². The monoisotopic (exact) mass is 173 g/mol. The molecule has 1 heterocycles. The van der Waals surface area contributed by atoms with E-state index in [1.807, 2.05) is 26.0 Å². The predicted octanol–water partition coefficient (Wildman–Crippen LogP) is 2.14. The van der Waals surface area contributed by atoms with Gasteiger partial charge >= 0.3 is 0 Å². The molecule has 1 aromatic heterocycles. The predicted molar refractivity (Wildman–Crippen MR) is 54.0 cm³/mol. The average Bonchev–Trinajstić information content (AvgIpc) is 2.06. The molecule has 2 aromatic rings. The molecule has 66 valence electrons. The summed E-state index contributed by atoms with van der Waals surface area (Å²) < 4.78 is 0. The molecule has 0 bridgehead atoms. The molecule has 1 N–H and O–H groups in total.